The summed E-state index contributed by atoms with van der Waals surface area (Å²) in [5.41, 5.74) is 17.6. The highest BCUT2D eigenvalue weighted by molar-refractivity contribution is 6.15. The van der Waals surface area contributed by atoms with Crippen molar-refractivity contribution < 1.29 is 0 Å². The molecule has 12 rings (SSSR count). The van der Waals surface area contributed by atoms with Crippen molar-refractivity contribution in [1.29, 1.82) is 0 Å². The van der Waals surface area contributed by atoms with Gasteiger partial charge in [-0.2, -0.15) is 0 Å². The Morgan fingerprint density at radius 2 is 0.759 bits per heavy atom. The monoisotopic (exact) mass is 686 g/mol. The van der Waals surface area contributed by atoms with Crippen LogP contribution in [0.3, 0.4) is 0 Å². The van der Waals surface area contributed by atoms with Gasteiger partial charge >= 0.3 is 0 Å². The Morgan fingerprint density at radius 3 is 1.33 bits per heavy atom. The zero-order valence-electron chi connectivity index (χ0n) is 29.1. The number of benzene rings is 7. The average molecular weight is 687 g/mol. The Morgan fingerprint density at radius 1 is 0.315 bits per heavy atom. The van der Waals surface area contributed by atoms with Crippen molar-refractivity contribution in [2.45, 2.75) is 0 Å². The molecule has 0 unspecified atom stereocenters. The Balaban J connectivity index is 1.05. The highest BCUT2D eigenvalue weighted by Crippen LogP contribution is 2.48. The van der Waals surface area contributed by atoms with Gasteiger partial charge in [0.15, 0.2) is 5.65 Å². The van der Waals surface area contributed by atoms with E-state index in [-0.39, 0.29) is 0 Å². The predicted octanol–water partition coefficient (Wildman–Crippen LogP) is 12.8. The van der Waals surface area contributed by atoms with Crippen LogP contribution in [-0.4, -0.2) is 19.1 Å². The smallest absolute Gasteiger partial charge is 0.160 e. The molecular weight excluding hydrogens is 657 g/mol. The third-order valence-electron chi connectivity index (χ3n) is 11.4. The highest BCUT2D eigenvalue weighted by Gasteiger charge is 2.23. The molecule has 1 aliphatic rings. The summed E-state index contributed by atoms with van der Waals surface area (Å²) in [4.78, 5) is 9.11. The lowest BCUT2D eigenvalue weighted by molar-refractivity contribution is 1.18. The molecule has 0 amide bonds. The molecule has 0 bridgehead atoms. The summed E-state index contributed by atoms with van der Waals surface area (Å²) in [6, 6.07) is 62.0. The first-order valence-corrected chi connectivity index (χ1v) is 18.4. The van der Waals surface area contributed by atoms with Gasteiger partial charge in [-0.25, -0.2) is 9.97 Å². The van der Waals surface area contributed by atoms with Crippen LogP contribution >= 0.6 is 0 Å². The van der Waals surface area contributed by atoms with E-state index in [4.69, 9.17) is 0 Å². The van der Waals surface area contributed by atoms with Gasteiger partial charge in [0.25, 0.3) is 0 Å². The van der Waals surface area contributed by atoms with Gasteiger partial charge in [0.05, 0.1) is 22.1 Å². The van der Waals surface area contributed by atoms with Gasteiger partial charge in [-0.3, -0.25) is 0 Å². The van der Waals surface area contributed by atoms with E-state index in [2.05, 4.69) is 189 Å². The summed E-state index contributed by atoms with van der Waals surface area (Å²) in [7, 11) is 0. The molecule has 0 atom stereocenters. The number of fused-ring (bicyclic) bond motifs is 9. The molecule has 4 nitrogen and oxygen atoms in total. The zero-order valence-corrected chi connectivity index (χ0v) is 29.1. The average Bonchev–Trinajstić information content (AvgIpc) is 3.87. The molecule has 11 aromatic rings. The molecule has 7 aromatic carbocycles. The SMILES string of the molecule is c1ccc(-n2c3ccccc3c3cc(-c4ccc5c(c4)c4cc(-c6ccc7c(c6)-c6ccnc8nccc-7c68)ccc4n5-c4ccccc4)ccc32)cc1. The van der Waals surface area contributed by atoms with Crippen LogP contribution in [0.5, 0.6) is 0 Å². The molecule has 0 radical (unpaired) electrons. The Kier molecular flexibility index (Phi) is 6.02. The molecule has 0 N–H and O–H groups in total. The largest absolute Gasteiger partial charge is 0.309 e. The van der Waals surface area contributed by atoms with E-state index < -0.39 is 0 Å². The van der Waals surface area contributed by atoms with E-state index in [0.717, 1.165) is 16.7 Å². The molecule has 4 aromatic heterocycles. The number of aromatic nitrogens is 4. The first-order chi connectivity index (χ1) is 26.8. The predicted molar refractivity (Wildman–Crippen MR) is 224 cm³/mol. The fourth-order valence-corrected chi connectivity index (χ4v) is 8.96. The second-order valence-electron chi connectivity index (χ2n) is 14.2. The van der Waals surface area contributed by atoms with Crippen LogP contribution in [0.15, 0.2) is 182 Å². The lowest BCUT2D eigenvalue weighted by Crippen LogP contribution is -1.93. The third kappa shape index (κ3) is 4.13. The van der Waals surface area contributed by atoms with Crippen LogP contribution in [0, 0.1) is 0 Å². The molecule has 0 saturated heterocycles. The molecule has 0 saturated carbocycles. The molecule has 1 aliphatic carbocycles. The van der Waals surface area contributed by atoms with Gasteiger partial charge in [0, 0.05) is 50.7 Å². The van der Waals surface area contributed by atoms with Crippen LogP contribution in [0.2, 0.25) is 0 Å². The van der Waals surface area contributed by atoms with Crippen LogP contribution in [0.1, 0.15) is 0 Å². The summed E-state index contributed by atoms with van der Waals surface area (Å²) in [5.74, 6) is 0. The van der Waals surface area contributed by atoms with Crippen molar-refractivity contribution in [2.75, 3.05) is 0 Å². The Hall–Kier alpha value is -7.30. The molecule has 4 heterocycles. The second-order valence-corrected chi connectivity index (χ2v) is 14.2. The van der Waals surface area contributed by atoms with Crippen LogP contribution in [-0.2, 0) is 0 Å². The summed E-state index contributed by atoms with van der Waals surface area (Å²) in [6.07, 6.45) is 3.74. The molecular formula is C50H30N4. The second kappa shape index (κ2) is 11.1. The highest BCUT2D eigenvalue weighted by atomic mass is 15.0. The maximum atomic E-state index is 4.55. The molecule has 54 heavy (non-hydrogen) atoms. The van der Waals surface area contributed by atoms with Crippen molar-refractivity contribution in [1.82, 2.24) is 19.1 Å². The number of pyridine rings is 2. The van der Waals surface area contributed by atoms with Gasteiger partial charge in [0.2, 0.25) is 0 Å². The van der Waals surface area contributed by atoms with E-state index in [1.807, 2.05) is 12.4 Å². The number of nitrogens with zero attached hydrogens (tertiary/aromatic N) is 4. The lowest BCUT2D eigenvalue weighted by atomic mass is 9.96. The topological polar surface area (TPSA) is 35.6 Å². The van der Waals surface area contributed by atoms with Crippen molar-refractivity contribution in [3.05, 3.63) is 182 Å². The lowest BCUT2D eigenvalue weighted by Gasteiger charge is -2.09. The van der Waals surface area contributed by atoms with Crippen molar-refractivity contribution in [3.63, 3.8) is 0 Å². The summed E-state index contributed by atoms with van der Waals surface area (Å²) < 4.78 is 4.77. The van der Waals surface area contributed by atoms with E-state index in [1.54, 1.807) is 0 Å². The van der Waals surface area contributed by atoms with E-state index in [1.165, 1.54) is 93.8 Å². The first-order valence-electron chi connectivity index (χ1n) is 18.4. The Labute approximate surface area is 310 Å². The van der Waals surface area contributed by atoms with E-state index in [9.17, 15) is 0 Å². The number of para-hydroxylation sites is 3. The minimum absolute atomic E-state index is 0.801. The molecule has 0 spiro atoms. The fraction of sp³-hybridized carbons (Fsp3) is 0. The van der Waals surface area contributed by atoms with Crippen molar-refractivity contribution >= 4 is 54.6 Å². The minimum atomic E-state index is 0.801. The van der Waals surface area contributed by atoms with Crippen molar-refractivity contribution in [2.24, 2.45) is 0 Å². The standard InChI is InChI=1S/C50H30N4/c1-3-9-35(10-4-1)53-45-14-8-7-13-38(45)42-28-32(16-20-46(42)53)34-18-22-48-44(30-34)43-29-33(17-21-47(43)54(48)36-11-5-2-6-12-36)31-15-19-37-39-23-25-51-50-49(39)40(24-26-52-50)41(37)27-31/h1-30H. The van der Waals surface area contributed by atoms with E-state index >= 15 is 0 Å². The molecule has 0 aliphatic heterocycles. The summed E-state index contributed by atoms with van der Waals surface area (Å²) in [6.45, 7) is 0. The molecule has 0 fully saturated rings. The maximum absolute atomic E-state index is 4.55. The first kappa shape index (κ1) is 29.3. The van der Waals surface area contributed by atoms with Gasteiger partial charge in [-0.05, 0) is 129 Å². The fourth-order valence-electron chi connectivity index (χ4n) is 8.96. The van der Waals surface area contributed by atoms with Crippen LogP contribution in [0.4, 0.5) is 0 Å². The number of rotatable bonds is 4. The van der Waals surface area contributed by atoms with Gasteiger partial charge in [0.1, 0.15) is 0 Å². The van der Waals surface area contributed by atoms with Gasteiger partial charge in [-0.15, -0.1) is 0 Å². The zero-order chi connectivity index (χ0) is 35.3. The van der Waals surface area contributed by atoms with Gasteiger partial charge in [-0.1, -0.05) is 84.9 Å². The summed E-state index contributed by atoms with van der Waals surface area (Å²) in [5, 5.41) is 6.11. The van der Waals surface area contributed by atoms with Crippen LogP contribution in [0.25, 0.3) is 111 Å². The number of hydrogen-bond donors (Lipinski definition) is 0. The normalized spacial score (nSPS) is 12.1. The molecule has 4 heteroatoms. The Bertz CT molecular complexity index is 3310. The third-order valence-corrected chi connectivity index (χ3v) is 11.4. The number of hydrogen-bond acceptors (Lipinski definition) is 2. The summed E-state index contributed by atoms with van der Waals surface area (Å²) >= 11 is 0. The quantitative estimate of drug-likeness (QED) is 0.185. The van der Waals surface area contributed by atoms with E-state index in [0.29, 0.717) is 0 Å². The van der Waals surface area contributed by atoms with Gasteiger partial charge < -0.3 is 9.13 Å². The van der Waals surface area contributed by atoms with Crippen molar-refractivity contribution in [3.8, 4) is 55.9 Å². The van der Waals surface area contributed by atoms with Crippen LogP contribution < -0.4 is 0 Å². The molecule has 250 valence electrons. The maximum Gasteiger partial charge on any atom is 0.160 e. The minimum Gasteiger partial charge on any atom is -0.309 e.